The van der Waals surface area contributed by atoms with Gasteiger partial charge in [-0.2, -0.15) is 10.2 Å². The molecular weight excluding hydrogens is 408 g/mol. The largest absolute Gasteiger partial charge is 0.497 e. The summed E-state index contributed by atoms with van der Waals surface area (Å²) < 4.78 is 14.5. The summed E-state index contributed by atoms with van der Waals surface area (Å²) >= 11 is 0. The fourth-order valence-corrected chi connectivity index (χ4v) is 3.75. The van der Waals surface area contributed by atoms with Crippen LogP contribution < -0.4 is 9.47 Å². The Kier molecular flexibility index (Phi) is 6.75. The Hall–Kier alpha value is -3.33. The molecule has 0 bridgehead atoms. The van der Waals surface area contributed by atoms with E-state index in [0.717, 1.165) is 37.6 Å². The molecule has 0 radical (unpaired) electrons. The van der Waals surface area contributed by atoms with Gasteiger partial charge < -0.3 is 14.4 Å². The Labute approximate surface area is 188 Å². The number of amides is 1. The van der Waals surface area contributed by atoms with Crippen molar-refractivity contribution in [3.05, 3.63) is 59.7 Å². The smallest absolute Gasteiger partial charge is 0.274 e. The summed E-state index contributed by atoms with van der Waals surface area (Å²) in [6.45, 7) is 9.17. The van der Waals surface area contributed by atoms with E-state index < -0.39 is 0 Å². The zero-order chi connectivity index (χ0) is 22.5. The number of ether oxygens (including phenoxy) is 2. The van der Waals surface area contributed by atoms with Gasteiger partial charge >= 0.3 is 0 Å². The first kappa shape index (κ1) is 21.9. The number of aromatic nitrogens is 4. The minimum atomic E-state index is -0.0390. The van der Waals surface area contributed by atoms with Crippen LogP contribution in [0.3, 0.4) is 0 Å². The molecule has 1 saturated heterocycles. The highest BCUT2D eigenvalue weighted by molar-refractivity contribution is 5.92. The van der Waals surface area contributed by atoms with Crippen molar-refractivity contribution in [2.75, 3.05) is 33.3 Å². The SMILES string of the molecule is CCn1cc(CN2CCN(C(=O)c3ccn(COc4ccc(OC)cc4)n3)CC2)c(C)n1. The highest BCUT2D eigenvalue weighted by Crippen LogP contribution is 2.17. The number of rotatable bonds is 8. The summed E-state index contributed by atoms with van der Waals surface area (Å²) in [4.78, 5) is 17.1. The lowest BCUT2D eigenvalue weighted by Gasteiger charge is -2.34. The minimum absolute atomic E-state index is 0.0390. The van der Waals surface area contributed by atoms with Gasteiger partial charge in [0.1, 0.15) is 11.5 Å². The van der Waals surface area contributed by atoms with Crippen molar-refractivity contribution >= 4 is 5.91 Å². The Morgan fingerprint density at radius 1 is 1.00 bits per heavy atom. The minimum Gasteiger partial charge on any atom is -0.497 e. The Balaban J connectivity index is 1.27. The zero-order valence-corrected chi connectivity index (χ0v) is 18.9. The van der Waals surface area contributed by atoms with E-state index in [1.54, 1.807) is 24.1 Å². The highest BCUT2D eigenvalue weighted by atomic mass is 16.5. The highest BCUT2D eigenvalue weighted by Gasteiger charge is 2.24. The van der Waals surface area contributed by atoms with Gasteiger partial charge in [0.25, 0.3) is 5.91 Å². The molecule has 1 amide bonds. The van der Waals surface area contributed by atoms with E-state index in [-0.39, 0.29) is 12.6 Å². The molecule has 170 valence electrons. The maximum atomic E-state index is 12.9. The second-order valence-corrected chi connectivity index (χ2v) is 7.85. The molecule has 32 heavy (non-hydrogen) atoms. The number of aryl methyl sites for hydroxylation is 2. The second-order valence-electron chi connectivity index (χ2n) is 7.85. The van der Waals surface area contributed by atoms with Crippen molar-refractivity contribution in [1.29, 1.82) is 0 Å². The number of hydrogen-bond acceptors (Lipinski definition) is 6. The van der Waals surface area contributed by atoms with Gasteiger partial charge in [-0.15, -0.1) is 0 Å². The van der Waals surface area contributed by atoms with Crippen LogP contribution in [-0.2, 0) is 19.8 Å². The van der Waals surface area contributed by atoms with E-state index in [1.807, 2.05) is 33.8 Å². The molecule has 0 saturated carbocycles. The van der Waals surface area contributed by atoms with Crippen molar-refractivity contribution in [2.45, 2.75) is 33.7 Å². The summed E-state index contributed by atoms with van der Waals surface area (Å²) in [5, 5.41) is 8.92. The van der Waals surface area contributed by atoms with E-state index >= 15 is 0 Å². The number of nitrogens with zero attached hydrogens (tertiary/aromatic N) is 6. The lowest BCUT2D eigenvalue weighted by Crippen LogP contribution is -2.48. The fourth-order valence-electron chi connectivity index (χ4n) is 3.75. The van der Waals surface area contributed by atoms with Crippen molar-refractivity contribution < 1.29 is 14.3 Å². The van der Waals surface area contributed by atoms with E-state index in [0.29, 0.717) is 24.5 Å². The first-order valence-electron chi connectivity index (χ1n) is 10.9. The predicted octanol–water partition coefficient (Wildman–Crippen LogP) is 2.41. The summed E-state index contributed by atoms with van der Waals surface area (Å²) in [5.41, 5.74) is 2.77. The number of hydrogen-bond donors (Lipinski definition) is 0. The maximum Gasteiger partial charge on any atom is 0.274 e. The molecule has 1 fully saturated rings. The van der Waals surface area contributed by atoms with Crippen LogP contribution in [0.2, 0.25) is 0 Å². The Morgan fingerprint density at radius 3 is 2.38 bits per heavy atom. The van der Waals surface area contributed by atoms with Crippen LogP contribution >= 0.6 is 0 Å². The number of piperazine rings is 1. The van der Waals surface area contributed by atoms with Crippen molar-refractivity contribution in [2.24, 2.45) is 0 Å². The Morgan fingerprint density at radius 2 is 1.72 bits per heavy atom. The summed E-state index contributed by atoms with van der Waals surface area (Å²) in [6, 6.07) is 9.09. The molecule has 1 aliphatic rings. The van der Waals surface area contributed by atoms with E-state index in [1.165, 1.54) is 5.56 Å². The molecule has 3 aromatic rings. The lowest BCUT2D eigenvalue weighted by atomic mass is 10.2. The first-order chi connectivity index (χ1) is 15.6. The van der Waals surface area contributed by atoms with Gasteiger partial charge in [-0.05, 0) is 44.2 Å². The van der Waals surface area contributed by atoms with Crippen LogP contribution in [0, 0.1) is 6.92 Å². The number of carbonyl (C=O) groups is 1. The van der Waals surface area contributed by atoms with E-state index in [9.17, 15) is 4.79 Å². The van der Waals surface area contributed by atoms with Gasteiger partial charge in [-0.1, -0.05) is 0 Å². The monoisotopic (exact) mass is 438 g/mol. The van der Waals surface area contributed by atoms with Gasteiger partial charge in [0.15, 0.2) is 12.4 Å². The summed E-state index contributed by atoms with van der Waals surface area (Å²) in [6.07, 6.45) is 3.88. The van der Waals surface area contributed by atoms with Crippen LogP contribution in [0.1, 0.15) is 28.7 Å². The molecule has 4 rings (SSSR count). The van der Waals surface area contributed by atoms with Gasteiger partial charge in [0, 0.05) is 57.2 Å². The molecule has 0 aliphatic carbocycles. The summed E-state index contributed by atoms with van der Waals surface area (Å²) in [5.74, 6) is 1.45. The number of methoxy groups -OCH3 is 1. The molecular formula is C23H30N6O3. The van der Waals surface area contributed by atoms with Crippen molar-refractivity contribution in [3.63, 3.8) is 0 Å². The van der Waals surface area contributed by atoms with Gasteiger partial charge in [0.2, 0.25) is 0 Å². The standard InChI is InChI=1S/C23H30N6O3/c1-4-28-16-19(18(2)24-28)15-26-11-13-27(14-12-26)23(30)22-9-10-29(25-22)17-32-21-7-5-20(31-3)6-8-21/h5-10,16H,4,11-15,17H2,1-3H3. The van der Waals surface area contributed by atoms with Crippen LogP contribution in [0.5, 0.6) is 11.5 Å². The average Bonchev–Trinajstić information content (AvgIpc) is 3.44. The molecule has 1 aromatic carbocycles. The molecule has 0 N–H and O–H groups in total. The molecule has 0 spiro atoms. The van der Waals surface area contributed by atoms with Crippen LogP contribution in [-0.4, -0.2) is 68.6 Å². The number of benzene rings is 1. The van der Waals surface area contributed by atoms with Crippen LogP contribution in [0.25, 0.3) is 0 Å². The molecule has 0 atom stereocenters. The molecule has 3 heterocycles. The molecule has 0 unspecified atom stereocenters. The van der Waals surface area contributed by atoms with Crippen molar-refractivity contribution in [1.82, 2.24) is 29.4 Å². The number of carbonyl (C=O) groups excluding carboxylic acids is 1. The van der Waals surface area contributed by atoms with Gasteiger partial charge in [-0.25, -0.2) is 4.68 Å². The normalized spacial score (nSPS) is 14.5. The third-order valence-electron chi connectivity index (χ3n) is 5.71. The average molecular weight is 439 g/mol. The van der Waals surface area contributed by atoms with Crippen LogP contribution in [0.4, 0.5) is 0 Å². The quantitative estimate of drug-likeness (QED) is 0.538. The first-order valence-corrected chi connectivity index (χ1v) is 10.9. The lowest BCUT2D eigenvalue weighted by molar-refractivity contribution is 0.0620. The zero-order valence-electron chi connectivity index (χ0n) is 18.9. The molecule has 1 aliphatic heterocycles. The van der Waals surface area contributed by atoms with Crippen molar-refractivity contribution in [3.8, 4) is 11.5 Å². The summed E-state index contributed by atoms with van der Waals surface area (Å²) in [7, 11) is 1.63. The fraction of sp³-hybridized carbons (Fsp3) is 0.435. The van der Waals surface area contributed by atoms with E-state index in [4.69, 9.17) is 9.47 Å². The maximum absolute atomic E-state index is 12.9. The third kappa shape index (κ3) is 5.11. The second kappa shape index (κ2) is 9.86. The molecule has 2 aromatic heterocycles. The predicted molar refractivity (Wildman–Crippen MR) is 120 cm³/mol. The van der Waals surface area contributed by atoms with Crippen LogP contribution in [0.15, 0.2) is 42.7 Å². The van der Waals surface area contributed by atoms with E-state index in [2.05, 4.69) is 35.1 Å². The third-order valence-corrected chi connectivity index (χ3v) is 5.71. The molecule has 9 heteroatoms. The topological polar surface area (TPSA) is 77.7 Å². The van der Waals surface area contributed by atoms with Gasteiger partial charge in [-0.3, -0.25) is 14.4 Å². The Bertz CT molecular complexity index is 1030. The van der Waals surface area contributed by atoms with Gasteiger partial charge in [0.05, 0.1) is 12.8 Å². The molecule has 9 nitrogen and oxygen atoms in total.